The molecule has 0 amide bonds. The van der Waals surface area contributed by atoms with Crippen LogP contribution in [0.15, 0.2) is 76.6 Å². The van der Waals surface area contributed by atoms with Crippen LogP contribution in [0.4, 0.5) is 0 Å². The molecule has 30 heavy (non-hydrogen) atoms. The number of carbonyl (C=O) groups excluding carboxylic acids is 1. The number of rotatable bonds is 6. The molecule has 150 valence electrons. The van der Waals surface area contributed by atoms with Crippen molar-refractivity contribution >= 4 is 16.8 Å². The number of pyridine rings is 2. The first-order chi connectivity index (χ1) is 14.6. The van der Waals surface area contributed by atoms with E-state index in [0.29, 0.717) is 16.8 Å². The molecule has 0 aliphatic rings. The summed E-state index contributed by atoms with van der Waals surface area (Å²) in [5, 5.41) is 0. The van der Waals surface area contributed by atoms with Gasteiger partial charge in [-0.15, -0.1) is 0 Å². The predicted octanol–water partition coefficient (Wildman–Crippen LogP) is 2.45. The number of fused-ring (bicyclic) bond motifs is 1. The SMILES string of the molecule is CCc1ccc(C(=O)Cn2c(=O)n(Cc3ccccn3)c(=O)c3ncccc32)cc1. The molecule has 0 spiro atoms. The second-order valence-corrected chi connectivity index (χ2v) is 6.93. The van der Waals surface area contributed by atoms with E-state index in [2.05, 4.69) is 9.97 Å². The van der Waals surface area contributed by atoms with Gasteiger partial charge < -0.3 is 0 Å². The van der Waals surface area contributed by atoms with Crippen LogP contribution in [0, 0.1) is 0 Å². The van der Waals surface area contributed by atoms with Crippen LogP contribution in [-0.2, 0) is 19.5 Å². The van der Waals surface area contributed by atoms with Crippen molar-refractivity contribution in [1.82, 2.24) is 19.1 Å². The van der Waals surface area contributed by atoms with Crippen molar-refractivity contribution < 1.29 is 4.79 Å². The van der Waals surface area contributed by atoms with E-state index in [1.807, 2.05) is 19.1 Å². The third kappa shape index (κ3) is 3.69. The molecule has 0 radical (unpaired) electrons. The summed E-state index contributed by atoms with van der Waals surface area (Å²) in [6, 6.07) is 15.9. The number of hydrogen-bond acceptors (Lipinski definition) is 5. The number of ketones is 1. The Morgan fingerprint density at radius 2 is 1.67 bits per heavy atom. The quantitative estimate of drug-likeness (QED) is 0.464. The Labute approximate surface area is 172 Å². The molecule has 0 saturated carbocycles. The van der Waals surface area contributed by atoms with E-state index in [1.54, 1.807) is 48.7 Å². The summed E-state index contributed by atoms with van der Waals surface area (Å²) in [6.07, 6.45) is 3.97. The Morgan fingerprint density at radius 3 is 2.37 bits per heavy atom. The van der Waals surface area contributed by atoms with Crippen molar-refractivity contribution in [3.8, 4) is 0 Å². The van der Waals surface area contributed by atoms with Crippen molar-refractivity contribution in [2.75, 3.05) is 0 Å². The van der Waals surface area contributed by atoms with Crippen LogP contribution >= 0.6 is 0 Å². The fourth-order valence-electron chi connectivity index (χ4n) is 3.35. The first-order valence-corrected chi connectivity index (χ1v) is 9.69. The molecule has 3 aromatic heterocycles. The number of benzene rings is 1. The number of carbonyl (C=O) groups is 1. The van der Waals surface area contributed by atoms with E-state index in [9.17, 15) is 14.4 Å². The minimum atomic E-state index is -0.565. The predicted molar refractivity (Wildman–Crippen MR) is 114 cm³/mol. The molecule has 0 saturated heterocycles. The average Bonchev–Trinajstić information content (AvgIpc) is 2.80. The lowest BCUT2D eigenvalue weighted by Crippen LogP contribution is -2.41. The van der Waals surface area contributed by atoms with Crippen LogP contribution in [-0.4, -0.2) is 24.9 Å². The molecule has 0 unspecified atom stereocenters. The lowest BCUT2D eigenvalue weighted by molar-refractivity contribution is 0.0971. The van der Waals surface area contributed by atoms with Crippen molar-refractivity contribution in [2.45, 2.75) is 26.4 Å². The molecular weight excluding hydrogens is 380 g/mol. The molecule has 0 N–H and O–H groups in total. The summed E-state index contributed by atoms with van der Waals surface area (Å²) in [6.45, 7) is 1.86. The van der Waals surface area contributed by atoms with Crippen LogP contribution in [0.1, 0.15) is 28.5 Å². The van der Waals surface area contributed by atoms with E-state index in [1.165, 1.54) is 10.8 Å². The van der Waals surface area contributed by atoms with E-state index in [4.69, 9.17) is 0 Å². The molecule has 1 aromatic carbocycles. The minimum absolute atomic E-state index is 0.00437. The number of aromatic nitrogens is 4. The summed E-state index contributed by atoms with van der Waals surface area (Å²) in [4.78, 5) is 47.3. The number of nitrogens with zero attached hydrogens (tertiary/aromatic N) is 4. The molecule has 0 aliphatic heterocycles. The topological polar surface area (TPSA) is 86.9 Å². The van der Waals surface area contributed by atoms with Crippen LogP contribution < -0.4 is 11.2 Å². The molecule has 4 aromatic rings. The van der Waals surface area contributed by atoms with Gasteiger partial charge >= 0.3 is 5.69 Å². The highest BCUT2D eigenvalue weighted by Crippen LogP contribution is 2.10. The molecule has 0 fully saturated rings. The number of aryl methyl sites for hydroxylation is 1. The van der Waals surface area contributed by atoms with E-state index >= 15 is 0 Å². The first kappa shape index (κ1) is 19.4. The Hall–Kier alpha value is -3.87. The molecule has 3 heterocycles. The molecule has 0 atom stereocenters. The summed E-state index contributed by atoms with van der Waals surface area (Å²) < 4.78 is 2.38. The van der Waals surface area contributed by atoms with Crippen molar-refractivity contribution in [3.63, 3.8) is 0 Å². The molecule has 7 heteroatoms. The smallest absolute Gasteiger partial charge is 0.292 e. The van der Waals surface area contributed by atoms with Crippen molar-refractivity contribution in [1.29, 1.82) is 0 Å². The summed E-state index contributed by atoms with van der Waals surface area (Å²) in [7, 11) is 0. The number of Topliss-reactive ketones (excluding diaryl/α,β-unsaturated/α-hetero) is 1. The maximum atomic E-state index is 13.2. The van der Waals surface area contributed by atoms with Gasteiger partial charge in [0.1, 0.15) is 0 Å². The normalized spacial score (nSPS) is 11.0. The van der Waals surface area contributed by atoms with Crippen LogP contribution in [0.5, 0.6) is 0 Å². The lowest BCUT2D eigenvalue weighted by Gasteiger charge is -2.13. The van der Waals surface area contributed by atoms with E-state index in [-0.39, 0.29) is 24.4 Å². The second kappa shape index (κ2) is 8.24. The zero-order valence-electron chi connectivity index (χ0n) is 16.5. The standard InChI is InChI=1S/C23H20N4O3/c1-2-16-8-10-17(11-9-16)20(28)15-26-19-7-5-13-25-21(19)22(29)27(23(26)30)14-18-6-3-4-12-24-18/h3-13H,2,14-15H2,1H3. The van der Waals surface area contributed by atoms with Crippen LogP contribution in [0.3, 0.4) is 0 Å². The Bertz CT molecular complexity index is 1320. The van der Waals surface area contributed by atoms with Gasteiger partial charge in [-0.05, 0) is 36.2 Å². The third-order valence-electron chi connectivity index (χ3n) is 5.02. The average molecular weight is 400 g/mol. The number of hydrogen-bond donors (Lipinski definition) is 0. The highest BCUT2D eigenvalue weighted by molar-refractivity contribution is 5.96. The van der Waals surface area contributed by atoms with E-state index < -0.39 is 11.2 Å². The van der Waals surface area contributed by atoms with Gasteiger partial charge in [-0.25, -0.2) is 9.78 Å². The highest BCUT2D eigenvalue weighted by Gasteiger charge is 2.17. The zero-order chi connectivity index (χ0) is 21.1. The first-order valence-electron chi connectivity index (χ1n) is 9.69. The van der Waals surface area contributed by atoms with Gasteiger partial charge in [0, 0.05) is 18.0 Å². The van der Waals surface area contributed by atoms with Gasteiger partial charge in [-0.2, -0.15) is 0 Å². The summed E-state index contributed by atoms with van der Waals surface area (Å²) in [5.41, 5.74) is 1.62. The van der Waals surface area contributed by atoms with Gasteiger partial charge in [0.2, 0.25) is 0 Å². The third-order valence-corrected chi connectivity index (χ3v) is 5.02. The molecule has 7 nitrogen and oxygen atoms in total. The largest absolute Gasteiger partial charge is 0.332 e. The maximum absolute atomic E-state index is 13.2. The Balaban J connectivity index is 1.81. The van der Waals surface area contributed by atoms with Crippen LogP contribution in [0.2, 0.25) is 0 Å². The van der Waals surface area contributed by atoms with E-state index in [0.717, 1.165) is 16.6 Å². The Morgan fingerprint density at radius 1 is 0.900 bits per heavy atom. The van der Waals surface area contributed by atoms with Crippen molar-refractivity contribution in [3.05, 3.63) is 105 Å². The summed E-state index contributed by atoms with van der Waals surface area (Å²) >= 11 is 0. The second-order valence-electron chi connectivity index (χ2n) is 6.93. The fourth-order valence-corrected chi connectivity index (χ4v) is 3.35. The molecule has 4 rings (SSSR count). The van der Waals surface area contributed by atoms with Gasteiger partial charge in [-0.1, -0.05) is 37.3 Å². The minimum Gasteiger partial charge on any atom is -0.292 e. The zero-order valence-corrected chi connectivity index (χ0v) is 16.5. The molecular formula is C23H20N4O3. The van der Waals surface area contributed by atoms with Gasteiger partial charge in [0.15, 0.2) is 11.3 Å². The molecule has 0 aliphatic carbocycles. The van der Waals surface area contributed by atoms with Gasteiger partial charge in [0.05, 0.1) is 24.3 Å². The fraction of sp³-hybridized carbons (Fsp3) is 0.174. The van der Waals surface area contributed by atoms with Crippen LogP contribution in [0.25, 0.3) is 11.0 Å². The van der Waals surface area contributed by atoms with Gasteiger partial charge in [-0.3, -0.25) is 23.7 Å². The maximum Gasteiger partial charge on any atom is 0.332 e. The van der Waals surface area contributed by atoms with Gasteiger partial charge in [0.25, 0.3) is 5.56 Å². The monoisotopic (exact) mass is 400 g/mol. The summed E-state index contributed by atoms with van der Waals surface area (Å²) in [5.74, 6) is -0.215. The van der Waals surface area contributed by atoms with Crippen molar-refractivity contribution in [2.24, 2.45) is 0 Å². The highest BCUT2D eigenvalue weighted by atomic mass is 16.2. The molecule has 0 bridgehead atoms. The lowest BCUT2D eigenvalue weighted by atomic mass is 10.1. The Kier molecular flexibility index (Phi) is 5.34.